The summed E-state index contributed by atoms with van der Waals surface area (Å²) < 4.78 is 2.06. The Hall–Kier alpha value is -2.69. The molecule has 0 aliphatic carbocycles. The maximum Gasteiger partial charge on any atom is 0.188 e. The number of hydrogen-bond acceptors (Lipinski definition) is 4. The van der Waals surface area contributed by atoms with Gasteiger partial charge in [0, 0.05) is 6.54 Å². The van der Waals surface area contributed by atoms with Crippen LogP contribution in [0.4, 0.5) is 5.69 Å². The SMILES string of the molecule is CCn1c(CC(=O)c2ccc(N)cn2)nc2ccccc21. The molecule has 0 aliphatic heterocycles. The number of carbonyl (C=O) groups excluding carboxylic acids is 1. The molecule has 0 aliphatic rings. The van der Waals surface area contributed by atoms with Crippen LogP contribution in [0.25, 0.3) is 11.0 Å². The van der Waals surface area contributed by atoms with Crippen LogP contribution in [0, 0.1) is 0 Å². The molecule has 3 aromatic rings. The van der Waals surface area contributed by atoms with E-state index in [1.807, 2.05) is 31.2 Å². The molecule has 5 nitrogen and oxygen atoms in total. The summed E-state index contributed by atoms with van der Waals surface area (Å²) in [4.78, 5) is 20.9. The fourth-order valence-electron chi connectivity index (χ4n) is 2.42. The molecular weight excluding hydrogens is 264 g/mol. The van der Waals surface area contributed by atoms with E-state index in [-0.39, 0.29) is 12.2 Å². The number of nitrogens with two attached hydrogens (primary N) is 1. The molecule has 0 saturated heterocycles. The molecule has 2 aromatic heterocycles. The zero-order valence-corrected chi connectivity index (χ0v) is 11.8. The van der Waals surface area contributed by atoms with Gasteiger partial charge in [0.05, 0.1) is 29.3 Å². The minimum atomic E-state index is -0.0555. The molecular formula is C16H16N4O. The number of ketones is 1. The van der Waals surface area contributed by atoms with E-state index in [1.54, 1.807) is 12.1 Å². The van der Waals surface area contributed by atoms with Crippen LogP contribution < -0.4 is 5.73 Å². The number of anilines is 1. The first-order chi connectivity index (χ1) is 10.2. The Morgan fingerprint density at radius 2 is 2.05 bits per heavy atom. The van der Waals surface area contributed by atoms with Gasteiger partial charge in [-0.25, -0.2) is 4.98 Å². The fraction of sp³-hybridized carbons (Fsp3) is 0.188. The van der Waals surface area contributed by atoms with Crippen LogP contribution in [0.1, 0.15) is 23.2 Å². The number of rotatable bonds is 4. The number of para-hydroxylation sites is 2. The highest BCUT2D eigenvalue weighted by atomic mass is 16.1. The van der Waals surface area contributed by atoms with Crippen LogP contribution >= 0.6 is 0 Å². The summed E-state index contributed by atoms with van der Waals surface area (Å²) in [6, 6.07) is 11.2. The smallest absolute Gasteiger partial charge is 0.188 e. The van der Waals surface area contributed by atoms with Crippen molar-refractivity contribution in [2.24, 2.45) is 0 Å². The highest BCUT2D eigenvalue weighted by molar-refractivity contribution is 5.96. The van der Waals surface area contributed by atoms with E-state index in [0.29, 0.717) is 11.4 Å². The third-order valence-electron chi connectivity index (χ3n) is 3.44. The third-order valence-corrected chi connectivity index (χ3v) is 3.44. The van der Waals surface area contributed by atoms with E-state index in [4.69, 9.17) is 5.73 Å². The molecule has 2 N–H and O–H groups in total. The van der Waals surface area contributed by atoms with Gasteiger partial charge in [-0.05, 0) is 31.2 Å². The lowest BCUT2D eigenvalue weighted by Crippen LogP contribution is -2.11. The molecule has 0 unspecified atom stereocenters. The molecule has 5 heteroatoms. The molecule has 3 rings (SSSR count). The number of aromatic nitrogens is 3. The van der Waals surface area contributed by atoms with Gasteiger partial charge >= 0.3 is 0 Å². The maximum atomic E-state index is 12.3. The van der Waals surface area contributed by atoms with E-state index in [2.05, 4.69) is 14.5 Å². The predicted octanol–water partition coefficient (Wildman–Crippen LogP) is 2.46. The number of Topliss-reactive ketones (excluding diaryl/α,β-unsaturated/α-hetero) is 1. The minimum Gasteiger partial charge on any atom is -0.397 e. The van der Waals surface area contributed by atoms with Gasteiger partial charge in [0.2, 0.25) is 0 Å². The largest absolute Gasteiger partial charge is 0.397 e. The topological polar surface area (TPSA) is 73.8 Å². The lowest BCUT2D eigenvalue weighted by Gasteiger charge is -2.05. The molecule has 0 fully saturated rings. The van der Waals surface area contributed by atoms with Crippen molar-refractivity contribution >= 4 is 22.5 Å². The van der Waals surface area contributed by atoms with Crippen molar-refractivity contribution in [1.82, 2.24) is 14.5 Å². The standard InChI is InChI=1S/C16H16N4O/c1-2-20-14-6-4-3-5-12(14)19-16(20)9-15(21)13-8-7-11(17)10-18-13/h3-8,10H,2,9,17H2,1H3. The van der Waals surface area contributed by atoms with Gasteiger partial charge in [-0.1, -0.05) is 12.1 Å². The van der Waals surface area contributed by atoms with Crippen LogP contribution in [-0.4, -0.2) is 20.3 Å². The Morgan fingerprint density at radius 1 is 1.24 bits per heavy atom. The van der Waals surface area contributed by atoms with Gasteiger partial charge in [0.25, 0.3) is 0 Å². The first-order valence-corrected chi connectivity index (χ1v) is 6.88. The van der Waals surface area contributed by atoms with Crippen molar-refractivity contribution in [3.63, 3.8) is 0 Å². The number of hydrogen-bond donors (Lipinski definition) is 1. The van der Waals surface area contributed by atoms with Gasteiger partial charge in [-0.2, -0.15) is 0 Å². The summed E-state index contributed by atoms with van der Waals surface area (Å²) in [6.45, 7) is 2.82. The van der Waals surface area contributed by atoms with Crippen molar-refractivity contribution < 1.29 is 4.79 Å². The van der Waals surface area contributed by atoms with Gasteiger partial charge in [-0.3, -0.25) is 9.78 Å². The Labute approximate surface area is 122 Å². The second kappa shape index (κ2) is 5.36. The Morgan fingerprint density at radius 3 is 2.76 bits per heavy atom. The van der Waals surface area contributed by atoms with Crippen LogP contribution in [-0.2, 0) is 13.0 Å². The minimum absolute atomic E-state index is 0.0555. The zero-order valence-electron chi connectivity index (χ0n) is 11.8. The van der Waals surface area contributed by atoms with Gasteiger partial charge < -0.3 is 10.3 Å². The lowest BCUT2D eigenvalue weighted by molar-refractivity contribution is 0.0985. The average Bonchev–Trinajstić information content (AvgIpc) is 2.84. The second-order valence-electron chi connectivity index (χ2n) is 4.84. The quantitative estimate of drug-likeness (QED) is 0.745. The van der Waals surface area contributed by atoms with E-state index in [1.165, 1.54) is 6.20 Å². The lowest BCUT2D eigenvalue weighted by atomic mass is 10.2. The molecule has 106 valence electrons. The van der Waals surface area contributed by atoms with Crippen LogP contribution in [0.3, 0.4) is 0 Å². The monoisotopic (exact) mass is 280 g/mol. The van der Waals surface area contributed by atoms with Crippen LogP contribution in [0.15, 0.2) is 42.6 Å². The number of nitrogens with zero attached hydrogens (tertiary/aromatic N) is 3. The first-order valence-electron chi connectivity index (χ1n) is 6.88. The van der Waals surface area contributed by atoms with Crippen molar-refractivity contribution in [3.8, 4) is 0 Å². The van der Waals surface area contributed by atoms with Crippen LogP contribution in [0.2, 0.25) is 0 Å². The molecule has 0 amide bonds. The highest BCUT2D eigenvalue weighted by Gasteiger charge is 2.15. The second-order valence-corrected chi connectivity index (χ2v) is 4.84. The van der Waals surface area contributed by atoms with E-state index < -0.39 is 0 Å². The van der Waals surface area contributed by atoms with Gasteiger partial charge in [0.1, 0.15) is 11.5 Å². The van der Waals surface area contributed by atoms with Crippen molar-refractivity contribution in [2.75, 3.05) is 5.73 Å². The highest BCUT2D eigenvalue weighted by Crippen LogP contribution is 2.17. The van der Waals surface area contributed by atoms with Gasteiger partial charge in [0.15, 0.2) is 5.78 Å². The van der Waals surface area contributed by atoms with Crippen molar-refractivity contribution in [1.29, 1.82) is 0 Å². The summed E-state index contributed by atoms with van der Waals surface area (Å²) in [7, 11) is 0. The summed E-state index contributed by atoms with van der Waals surface area (Å²) >= 11 is 0. The molecule has 2 heterocycles. The number of nitrogen functional groups attached to an aromatic ring is 1. The number of pyridine rings is 1. The average molecular weight is 280 g/mol. The normalized spacial score (nSPS) is 10.9. The van der Waals surface area contributed by atoms with Crippen molar-refractivity contribution in [3.05, 3.63) is 54.1 Å². The van der Waals surface area contributed by atoms with Crippen LogP contribution in [0.5, 0.6) is 0 Å². The molecule has 0 atom stereocenters. The predicted molar refractivity (Wildman–Crippen MR) is 82.1 cm³/mol. The Kier molecular flexibility index (Phi) is 3.39. The maximum absolute atomic E-state index is 12.3. The number of benzene rings is 1. The summed E-state index contributed by atoms with van der Waals surface area (Å²) in [5.74, 6) is 0.710. The number of fused-ring (bicyclic) bond motifs is 1. The molecule has 0 spiro atoms. The summed E-state index contributed by atoms with van der Waals surface area (Å²) in [5.41, 5.74) is 8.51. The van der Waals surface area contributed by atoms with E-state index in [0.717, 1.165) is 23.4 Å². The van der Waals surface area contributed by atoms with Crippen molar-refractivity contribution in [2.45, 2.75) is 19.9 Å². The molecule has 0 bridgehead atoms. The summed E-state index contributed by atoms with van der Waals surface area (Å²) in [5, 5.41) is 0. The number of carbonyl (C=O) groups is 1. The first kappa shape index (κ1) is 13.3. The molecule has 0 saturated carbocycles. The third kappa shape index (κ3) is 2.50. The zero-order chi connectivity index (χ0) is 14.8. The Bertz CT molecular complexity index is 790. The number of aryl methyl sites for hydroxylation is 1. The Balaban J connectivity index is 1.94. The fourth-order valence-corrected chi connectivity index (χ4v) is 2.42. The van der Waals surface area contributed by atoms with Gasteiger partial charge in [-0.15, -0.1) is 0 Å². The molecule has 1 aromatic carbocycles. The molecule has 21 heavy (non-hydrogen) atoms. The van der Waals surface area contributed by atoms with E-state index >= 15 is 0 Å². The summed E-state index contributed by atoms with van der Waals surface area (Å²) in [6.07, 6.45) is 1.73. The van der Waals surface area contributed by atoms with E-state index in [9.17, 15) is 4.79 Å². The molecule has 0 radical (unpaired) electrons. The number of imidazole rings is 1.